The minimum absolute atomic E-state index is 0.0276. The number of rotatable bonds is 7. The van der Waals surface area contributed by atoms with Crippen LogP contribution in [0.2, 0.25) is 0 Å². The molecule has 2 aliphatic rings. The van der Waals surface area contributed by atoms with E-state index in [1.54, 1.807) is 0 Å². The van der Waals surface area contributed by atoms with E-state index in [1.807, 2.05) is 51.1 Å². The number of benzene rings is 1. The highest BCUT2D eigenvalue weighted by molar-refractivity contribution is 7.99. The number of likely N-dealkylation sites (tertiary alicyclic amines) is 1. The quantitative estimate of drug-likeness (QED) is 0.647. The summed E-state index contributed by atoms with van der Waals surface area (Å²) < 4.78 is 0. The molecule has 1 heterocycles. The Balaban J connectivity index is 1.62. The van der Waals surface area contributed by atoms with Gasteiger partial charge in [0.1, 0.15) is 0 Å². The molecule has 1 aliphatic heterocycles. The van der Waals surface area contributed by atoms with Gasteiger partial charge in [-0.2, -0.15) is 0 Å². The molecule has 0 bridgehead atoms. The van der Waals surface area contributed by atoms with Gasteiger partial charge in [0.15, 0.2) is 0 Å². The summed E-state index contributed by atoms with van der Waals surface area (Å²) in [5.41, 5.74) is -0.293. The summed E-state index contributed by atoms with van der Waals surface area (Å²) in [5.74, 6) is 1.51. The number of carbonyl (C=O) groups is 1. The fourth-order valence-electron chi connectivity index (χ4n) is 4.79. The number of carbonyl (C=O) groups excluding carboxylic acids is 1. The van der Waals surface area contributed by atoms with Crippen LogP contribution >= 0.6 is 11.8 Å². The van der Waals surface area contributed by atoms with E-state index in [9.17, 15) is 15.0 Å². The summed E-state index contributed by atoms with van der Waals surface area (Å²) in [6.45, 7) is 7.05. The van der Waals surface area contributed by atoms with Crippen LogP contribution in [0.25, 0.3) is 0 Å². The number of hydrogen-bond acceptors (Lipinski definition) is 5. The van der Waals surface area contributed by atoms with Gasteiger partial charge in [-0.05, 0) is 63.3 Å². The Hall–Kier alpha value is -1.08. The number of aliphatic hydroxyl groups excluding tert-OH is 1. The highest BCUT2D eigenvalue weighted by Crippen LogP contribution is 2.38. The Morgan fingerprint density at radius 1 is 1.23 bits per heavy atom. The average Bonchev–Trinajstić information content (AvgIpc) is 2.71. The maximum atomic E-state index is 13.0. The lowest BCUT2D eigenvalue weighted by atomic mass is 9.72. The second kappa shape index (κ2) is 10.5. The topological polar surface area (TPSA) is 75.6 Å². The molecule has 4 unspecified atom stereocenters. The van der Waals surface area contributed by atoms with E-state index in [0.717, 1.165) is 17.9 Å². The number of nitrogens with zero attached hydrogens (tertiary/aromatic N) is 1. The molecule has 1 saturated heterocycles. The zero-order valence-corrected chi connectivity index (χ0v) is 19.4. The first-order chi connectivity index (χ1) is 14.2. The first kappa shape index (κ1) is 23.6. The van der Waals surface area contributed by atoms with Crippen molar-refractivity contribution in [2.24, 2.45) is 11.8 Å². The number of piperidine rings is 1. The van der Waals surface area contributed by atoms with Crippen LogP contribution in [0, 0.1) is 11.8 Å². The van der Waals surface area contributed by atoms with Crippen molar-refractivity contribution >= 4 is 17.7 Å². The Kier molecular flexibility index (Phi) is 8.24. The van der Waals surface area contributed by atoms with Crippen molar-refractivity contribution in [1.82, 2.24) is 10.2 Å². The highest BCUT2D eigenvalue weighted by atomic mass is 32.2. The van der Waals surface area contributed by atoms with Gasteiger partial charge in [0.2, 0.25) is 5.91 Å². The standard InChI is InChI=1S/C24H37N2O3S/c1-24(2,3)25-23(29)20-13-17-9-7-8-10-18(17)14-26(20)15-21(27)22(28)16-30-19-11-5-4-6-12-19/h4-6,11-12,17-18,20-22,27H,7-10,13-16H2,1-3H3,(H,25,29)/q-1/t17?,18?,20-,21?,22?/m0/s1. The zero-order chi connectivity index (χ0) is 21.7. The molecule has 2 N–H and O–H groups in total. The summed E-state index contributed by atoms with van der Waals surface area (Å²) >= 11 is 1.48. The molecule has 6 heteroatoms. The Morgan fingerprint density at radius 2 is 1.90 bits per heavy atom. The third-order valence-corrected chi connectivity index (χ3v) is 7.41. The third-order valence-electron chi connectivity index (χ3n) is 6.31. The van der Waals surface area contributed by atoms with Crippen LogP contribution in [0.3, 0.4) is 0 Å². The predicted octanol–water partition coefficient (Wildman–Crippen LogP) is 2.66. The average molecular weight is 434 g/mol. The van der Waals surface area contributed by atoms with E-state index in [2.05, 4.69) is 10.2 Å². The van der Waals surface area contributed by atoms with Gasteiger partial charge in [-0.25, -0.2) is 0 Å². The molecule has 168 valence electrons. The van der Waals surface area contributed by atoms with E-state index in [0.29, 0.717) is 17.6 Å². The van der Waals surface area contributed by atoms with Gasteiger partial charge in [0.25, 0.3) is 0 Å². The fourth-order valence-corrected chi connectivity index (χ4v) is 5.72. The molecule has 30 heavy (non-hydrogen) atoms. The molecule has 2 fully saturated rings. The van der Waals surface area contributed by atoms with Crippen LogP contribution < -0.4 is 10.4 Å². The van der Waals surface area contributed by atoms with Crippen molar-refractivity contribution in [2.75, 3.05) is 18.8 Å². The van der Waals surface area contributed by atoms with Crippen LogP contribution in [0.4, 0.5) is 0 Å². The van der Waals surface area contributed by atoms with E-state index < -0.39 is 12.2 Å². The van der Waals surface area contributed by atoms with Crippen LogP contribution in [0.5, 0.6) is 0 Å². The van der Waals surface area contributed by atoms with Gasteiger partial charge in [-0.15, -0.1) is 11.8 Å². The van der Waals surface area contributed by atoms with Gasteiger partial charge in [-0.3, -0.25) is 9.69 Å². The summed E-state index contributed by atoms with van der Waals surface area (Å²) in [5, 5.41) is 26.5. The Bertz CT molecular complexity index is 679. The van der Waals surface area contributed by atoms with Crippen molar-refractivity contribution in [1.29, 1.82) is 0 Å². The van der Waals surface area contributed by atoms with Crippen LogP contribution in [0.15, 0.2) is 35.2 Å². The SMILES string of the molecule is CC(C)(C)NC(=O)[C@@H]1CC2CCCCC2CN1CC(O)C([O-])CSc1ccccc1. The van der Waals surface area contributed by atoms with Crippen LogP contribution in [0.1, 0.15) is 52.9 Å². The van der Waals surface area contributed by atoms with Crippen molar-refractivity contribution < 1.29 is 15.0 Å². The summed E-state index contributed by atoms with van der Waals surface area (Å²) in [6, 6.07) is 9.55. The molecule has 0 aromatic heterocycles. The normalized spacial score (nSPS) is 27.2. The molecular weight excluding hydrogens is 396 g/mol. The number of hydrogen-bond donors (Lipinski definition) is 2. The largest absolute Gasteiger partial charge is 0.849 e. The van der Waals surface area contributed by atoms with E-state index >= 15 is 0 Å². The Labute approximate surface area is 185 Å². The molecule has 1 aliphatic carbocycles. The molecule has 1 saturated carbocycles. The number of thioether (sulfide) groups is 1. The number of fused-ring (bicyclic) bond motifs is 1. The molecule has 5 atom stereocenters. The molecule has 0 radical (unpaired) electrons. The molecule has 1 aromatic rings. The molecule has 1 aromatic carbocycles. The lowest BCUT2D eigenvalue weighted by Gasteiger charge is -2.47. The number of nitrogens with one attached hydrogen (secondary N) is 1. The van der Waals surface area contributed by atoms with Gasteiger partial charge < -0.3 is 15.5 Å². The van der Waals surface area contributed by atoms with Gasteiger partial charge >= 0.3 is 0 Å². The minimum Gasteiger partial charge on any atom is -0.849 e. The first-order valence-corrected chi connectivity index (χ1v) is 12.3. The maximum Gasteiger partial charge on any atom is 0.237 e. The number of aliphatic hydroxyl groups is 1. The lowest BCUT2D eigenvalue weighted by Crippen LogP contribution is -2.60. The lowest BCUT2D eigenvalue weighted by molar-refractivity contribution is -0.430. The highest BCUT2D eigenvalue weighted by Gasteiger charge is 2.41. The van der Waals surface area contributed by atoms with E-state index in [-0.39, 0.29) is 24.0 Å². The molecule has 1 amide bonds. The second-order valence-electron chi connectivity index (χ2n) is 9.98. The van der Waals surface area contributed by atoms with Gasteiger partial charge in [0.05, 0.1) is 12.1 Å². The van der Waals surface area contributed by atoms with Crippen molar-refractivity contribution in [2.45, 2.75) is 81.6 Å². The fraction of sp³-hybridized carbons (Fsp3) is 0.708. The summed E-state index contributed by atoms with van der Waals surface area (Å²) in [7, 11) is 0. The van der Waals surface area contributed by atoms with Gasteiger partial charge in [-0.1, -0.05) is 43.6 Å². The predicted molar refractivity (Wildman–Crippen MR) is 120 cm³/mol. The minimum atomic E-state index is -1.08. The van der Waals surface area contributed by atoms with Crippen LogP contribution in [-0.2, 0) is 4.79 Å². The van der Waals surface area contributed by atoms with Crippen molar-refractivity contribution in [3.63, 3.8) is 0 Å². The third kappa shape index (κ3) is 6.71. The smallest absolute Gasteiger partial charge is 0.237 e. The van der Waals surface area contributed by atoms with Crippen molar-refractivity contribution in [3.8, 4) is 0 Å². The summed E-state index contributed by atoms with van der Waals surface area (Å²) in [6.07, 6.45) is 3.65. The second-order valence-corrected chi connectivity index (χ2v) is 11.1. The zero-order valence-electron chi connectivity index (χ0n) is 18.5. The number of amides is 1. The molecule has 3 rings (SSSR count). The van der Waals surface area contributed by atoms with Crippen LogP contribution in [-0.4, -0.2) is 58.5 Å². The van der Waals surface area contributed by atoms with E-state index in [1.165, 1.54) is 37.4 Å². The van der Waals surface area contributed by atoms with Crippen molar-refractivity contribution in [3.05, 3.63) is 30.3 Å². The first-order valence-electron chi connectivity index (χ1n) is 11.3. The monoisotopic (exact) mass is 433 g/mol. The number of β-amino-alcohol motifs (C(OH)–C–C–N with tert-alkyl or cyclic N) is 1. The van der Waals surface area contributed by atoms with Gasteiger partial charge in [0, 0.05) is 23.5 Å². The maximum absolute atomic E-state index is 13.0. The molecule has 0 spiro atoms. The molecule has 5 nitrogen and oxygen atoms in total. The summed E-state index contributed by atoms with van der Waals surface area (Å²) in [4.78, 5) is 16.2. The Morgan fingerprint density at radius 3 is 2.57 bits per heavy atom. The van der Waals surface area contributed by atoms with E-state index in [4.69, 9.17) is 0 Å². The molecular formula is C24H37N2O3S-.